The van der Waals surface area contributed by atoms with Crippen molar-refractivity contribution in [2.75, 3.05) is 7.11 Å². The van der Waals surface area contributed by atoms with Gasteiger partial charge in [-0.05, 0) is 63.2 Å². The lowest BCUT2D eigenvalue weighted by Crippen LogP contribution is -2.30. The predicted molar refractivity (Wildman–Crippen MR) is 102 cm³/mol. The Morgan fingerprint density at radius 2 is 1.81 bits per heavy atom. The van der Waals surface area contributed by atoms with Gasteiger partial charge in [0.2, 0.25) is 0 Å². The summed E-state index contributed by atoms with van der Waals surface area (Å²) < 4.78 is 25.4. The second-order valence-corrected chi connectivity index (χ2v) is 7.34. The molecule has 0 fully saturated rings. The van der Waals surface area contributed by atoms with Gasteiger partial charge in [0.1, 0.15) is 22.9 Å². The molecule has 2 aromatic carbocycles. The van der Waals surface area contributed by atoms with Crippen LogP contribution in [0.3, 0.4) is 0 Å². The van der Waals surface area contributed by atoms with Crippen LogP contribution < -0.4 is 10.2 Å². The summed E-state index contributed by atoms with van der Waals surface area (Å²) in [5, 5.41) is 4.09. The van der Waals surface area contributed by atoms with Gasteiger partial charge >= 0.3 is 6.09 Å². The number of carbonyl (C=O) groups is 1. The monoisotopic (exact) mass is 422 g/mol. The molecule has 5 nitrogen and oxygen atoms in total. The van der Waals surface area contributed by atoms with Gasteiger partial charge in [-0.1, -0.05) is 15.9 Å². The maximum atomic E-state index is 14.4. The molecular weight excluding hydrogens is 403 g/mol. The number of ether oxygens (including phenoxy) is 2. The van der Waals surface area contributed by atoms with Gasteiger partial charge in [0.15, 0.2) is 0 Å². The van der Waals surface area contributed by atoms with Crippen molar-refractivity contribution in [3.8, 4) is 5.75 Å². The number of halogens is 2. The minimum absolute atomic E-state index is 0.245. The highest BCUT2D eigenvalue weighted by Gasteiger charge is 2.17. The van der Waals surface area contributed by atoms with Crippen molar-refractivity contribution in [1.82, 2.24) is 5.43 Å². The van der Waals surface area contributed by atoms with Gasteiger partial charge in [-0.25, -0.2) is 14.6 Å². The van der Waals surface area contributed by atoms with Crippen LogP contribution in [0.2, 0.25) is 0 Å². The lowest BCUT2D eigenvalue weighted by atomic mass is 10.0. The minimum atomic E-state index is -0.721. The fourth-order valence-electron chi connectivity index (χ4n) is 2.11. The minimum Gasteiger partial charge on any atom is -0.497 e. The third-order valence-corrected chi connectivity index (χ3v) is 3.70. The topological polar surface area (TPSA) is 59.9 Å². The normalized spacial score (nSPS) is 11.8. The van der Waals surface area contributed by atoms with E-state index in [1.165, 1.54) is 6.07 Å². The fraction of sp³-hybridized carbons (Fsp3) is 0.263. The standard InChI is InChI=1S/C19H20BrFN2O3/c1-19(2,3)26-18(24)23-22-17(12-5-8-14(25-4)9-6-12)15-10-7-13(20)11-16(15)21/h5-11H,1-4H3,(H,23,24)/b22-17-. The molecule has 0 aromatic heterocycles. The molecule has 0 heterocycles. The van der Waals surface area contributed by atoms with Crippen molar-refractivity contribution in [3.05, 3.63) is 63.9 Å². The Kier molecular flexibility index (Phi) is 6.37. The summed E-state index contributed by atoms with van der Waals surface area (Å²) in [5.74, 6) is 0.185. The number of amides is 1. The summed E-state index contributed by atoms with van der Waals surface area (Å²) in [4.78, 5) is 11.9. The number of hydrogen-bond donors (Lipinski definition) is 1. The first-order valence-electron chi connectivity index (χ1n) is 7.86. The van der Waals surface area contributed by atoms with Crippen molar-refractivity contribution in [2.24, 2.45) is 5.10 Å². The molecule has 0 bridgehead atoms. The molecule has 0 radical (unpaired) electrons. The SMILES string of the molecule is COc1ccc(/C(=N/NC(=O)OC(C)(C)C)c2ccc(Br)cc2F)cc1. The van der Waals surface area contributed by atoms with Crippen molar-refractivity contribution in [2.45, 2.75) is 26.4 Å². The molecule has 0 saturated carbocycles. The molecule has 138 valence electrons. The maximum absolute atomic E-state index is 14.4. The Morgan fingerprint density at radius 1 is 1.15 bits per heavy atom. The first-order valence-corrected chi connectivity index (χ1v) is 8.65. The van der Waals surface area contributed by atoms with Crippen molar-refractivity contribution in [3.63, 3.8) is 0 Å². The number of hydrazone groups is 1. The zero-order valence-corrected chi connectivity index (χ0v) is 16.6. The Bertz CT molecular complexity index is 815. The van der Waals surface area contributed by atoms with Gasteiger partial charge in [0, 0.05) is 15.6 Å². The summed E-state index contributed by atoms with van der Waals surface area (Å²) in [6.45, 7) is 5.24. The molecule has 0 unspecified atom stereocenters. The Balaban J connectivity index is 2.40. The molecule has 0 saturated heterocycles. The number of rotatable bonds is 4. The molecule has 7 heteroatoms. The van der Waals surface area contributed by atoms with Gasteiger partial charge < -0.3 is 9.47 Å². The van der Waals surface area contributed by atoms with Crippen LogP contribution in [0.1, 0.15) is 31.9 Å². The van der Waals surface area contributed by atoms with Crippen LogP contribution in [0, 0.1) is 5.82 Å². The second kappa shape index (κ2) is 8.31. The number of carbonyl (C=O) groups excluding carboxylic acids is 1. The highest BCUT2D eigenvalue weighted by Crippen LogP contribution is 2.21. The Hall–Kier alpha value is -2.41. The summed E-state index contributed by atoms with van der Waals surface area (Å²) in [7, 11) is 1.56. The largest absolute Gasteiger partial charge is 0.497 e. The zero-order valence-electron chi connectivity index (χ0n) is 15.0. The van der Waals surface area contributed by atoms with Crippen molar-refractivity contribution >= 4 is 27.7 Å². The molecule has 2 aromatic rings. The third kappa shape index (κ3) is 5.56. The molecular formula is C19H20BrFN2O3. The van der Waals surface area contributed by atoms with Gasteiger partial charge in [0.05, 0.1) is 7.11 Å². The zero-order chi connectivity index (χ0) is 19.3. The third-order valence-electron chi connectivity index (χ3n) is 3.21. The molecule has 2 rings (SSSR count). The number of nitrogens with one attached hydrogen (secondary N) is 1. The predicted octanol–water partition coefficient (Wildman–Crippen LogP) is 4.87. The molecule has 0 aliphatic rings. The summed E-state index contributed by atoms with van der Waals surface area (Å²) >= 11 is 3.23. The molecule has 0 aliphatic carbocycles. The van der Waals surface area contributed by atoms with Crippen LogP contribution in [0.25, 0.3) is 0 Å². The molecule has 0 spiro atoms. The summed E-state index contributed by atoms with van der Waals surface area (Å²) in [5.41, 5.74) is 2.79. The van der Waals surface area contributed by atoms with Gasteiger partial charge in [-0.3, -0.25) is 0 Å². The van der Waals surface area contributed by atoms with Gasteiger partial charge in [-0.15, -0.1) is 0 Å². The Morgan fingerprint density at radius 3 is 2.35 bits per heavy atom. The van der Waals surface area contributed by atoms with Crippen LogP contribution in [-0.2, 0) is 4.74 Å². The van der Waals surface area contributed by atoms with E-state index in [-0.39, 0.29) is 11.3 Å². The average molecular weight is 423 g/mol. The quantitative estimate of drug-likeness (QED) is 0.564. The van der Waals surface area contributed by atoms with Crippen LogP contribution in [-0.4, -0.2) is 24.5 Å². The van der Waals surface area contributed by atoms with E-state index in [9.17, 15) is 9.18 Å². The smallest absolute Gasteiger partial charge is 0.428 e. The molecule has 26 heavy (non-hydrogen) atoms. The van der Waals surface area contributed by atoms with E-state index in [1.807, 2.05) is 0 Å². The average Bonchev–Trinajstić information content (AvgIpc) is 2.55. The van der Waals surface area contributed by atoms with Gasteiger partial charge in [0.25, 0.3) is 0 Å². The fourth-order valence-corrected chi connectivity index (χ4v) is 2.45. The van der Waals surface area contributed by atoms with Gasteiger partial charge in [-0.2, -0.15) is 5.10 Å². The first kappa shape index (κ1) is 19.9. The van der Waals surface area contributed by atoms with Crippen molar-refractivity contribution in [1.29, 1.82) is 0 Å². The Labute approximate surface area is 160 Å². The summed E-state index contributed by atoms with van der Waals surface area (Å²) in [6, 6.07) is 11.5. The number of hydrogen-bond acceptors (Lipinski definition) is 4. The van der Waals surface area contributed by atoms with Crippen molar-refractivity contribution < 1.29 is 18.7 Å². The molecule has 0 atom stereocenters. The molecule has 1 amide bonds. The second-order valence-electron chi connectivity index (χ2n) is 6.43. The summed E-state index contributed by atoms with van der Waals surface area (Å²) in [6.07, 6.45) is -0.721. The first-order chi connectivity index (χ1) is 12.2. The van der Waals surface area contributed by atoms with Crippen LogP contribution in [0.4, 0.5) is 9.18 Å². The van der Waals surface area contributed by atoms with E-state index < -0.39 is 17.5 Å². The highest BCUT2D eigenvalue weighted by molar-refractivity contribution is 9.10. The van der Waals surface area contributed by atoms with E-state index in [2.05, 4.69) is 26.5 Å². The van der Waals surface area contributed by atoms with Crippen LogP contribution in [0.15, 0.2) is 52.0 Å². The van der Waals surface area contributed by atoms with E-state index in [0.717, 1.165) is 0 Å². The lowest BCUT2D eigenvalue weighted by Gasteiger charge is -2.19. The number of methoxy groups -OCH3 is 1. The van der Waals surface area contributed by atoms with E-state index in [4.69, 9.17) is 9.47 Å². The number of nitrogens with zero attached hydrogens (tertiary/aromatic N) is 1. The molecule has 1 N–H and O–H groups in total. The maximum Gasteiger partial charge on any atom is 0.428 e. The van der Waals surface area contributed by atoms with E-state index in [1.54, 1.807) is 64.3 Å². The lowest BCUT2D eigenvalue weighted by molar-refractivity contribution is 0.0529. The van der Waals surface area contributed by atoms with Crippen LogP contribution in [0.5, 0.6) is 5.75 Å². The van der Waals surface area contributed by atoms with Crippen LogP contribution >= 0.6 is 15.9 Å². The van der Waals surface area contributed by atoms with E-state index >= 15 is 0 Å². The number of benzene rings is 2. The van der Waals surface area contributed by atoms with E-state index in [0.29, 0.717) is 15.8 Å². The highest BCUT2D eigenvalue weighted by atomic mass is 79.9. The molecule has 0 aliphatic heterocycles.